The summed E-state index contributed by atoms with van der Waals surface area (Å²) in [4.78, 5) is 24.0. The number of hydrogen-bond acceptors (Lipinski definition) is 4. The molecule has 1 fully saturated rings. The van der Waals surface area contributed by atoms with Crippen LogP contribution in [0.3, 0.4) is 0 Å². The molecule has 1 saturated carbocycles. The third kappa shape index (κ3) is 6.67. The van der Waals surface area contributed by atoms with Crippen molar-refractivity contribution in [2.24, 2.45) is 5.92 Å². The summed E-state index contributed by atoms with van der Waals surface area (Å²) in [6, 6.07) is 11.6. The molecule has 0 bridgehead atoms. The second-order valence-corrected chi connectivity index (χ2v) is 8.68. The topological polar surface area (TPSA) is 79.5 Å². The van der Waals surface area contributed by atoms with Crippen molar-refractivity contribution < 1.29 is 14.3 Å². The Kier molecular flexibility index (Phi) is 8.45. The molecule has 0 aromatic heterocycles. The molecule has 30 heavy (non-hydrogen) atoms. The van der Waals surface area contributed by atoms with Crippen molar-refractivity contribution in [2.75, 3.05) is 6.61 Å². The number of fused-ring (bicyclic) bond motifs is 1. The van der Waals surface area contributed by atoms with Gasteiger partial charge in [0.2, 0.25) is 5.91 Å². The van der Waals surface area contributed by atoms with Crippen LogP contribution in [0.4, 0.5) is 0 Å². The molecule has 8 heteroatoms. The lowest BCUT2D eigenvalue weighted by Crippen LogP contribution is -2.49. The Balaban J connectivity index is 1.36. The van der Waals surface area contributed by atoms with Crippen LogP contribution in [0.1, 0.15) is 44.9 Å². The van der Waals surface area contributed by atoms with E-state index < -0.39 is 5.91 Å². The van der Waals surface area contributed by atoms with Gasteiger partial charge in [-0.2, -0.15) is 0 Å². The minimum Gasteiger partial charge on any atom is -0.483 e. The highest BCUT2D eigenvalue weighted by molar-refractivity contribution is 9.10. The molecule has 0 unspecified atom stereocenters. The summed E-state index contributed by atoms with van der Waals surface area (Å²) in [5.74, 6) is 0.664. The second kappa shape index (κ2) is 11.3. The summed E-state index contributed by atoms with van der Waals surface area (Å²) in [7, 11) is 0. The lowest BCUT2D eigenvalue weighted by atomic mass is 9.86. The van der Waals surface area contributed by atoms with Crippen molar-refractivity contribution in [1.29, 1.82) is 0 Å². The number of thiocarbonyl (C=S) groups is 1. The summed E-state index contributed by atoms with van der Waals surface area (Å²) in [5, 5.41) is 4.75. The molecule has 2 amide bonds. The monoisotopic (exact) mass is 491 g/mol. The van der Waals surface area contributed by atoms with Gasteiger partial charge in [-0.1, -0.05) is 62.4 Å². The molecular weight excluding hydrogens is 466 g/mol. The number of hydrazine groups is 1. The normalized spacial score (nSPS) is 14.2. The SMILES string of the molecule is O=C(COc1ccc2ccccc2c1Br)NNC(=S)NC(=O)CCC1CCCCC1. The molecule has 1 aliphatic carbocycles. The van der Waals surface area contributed by atoms with Crippen molar-refractivity contribution in [3.63, 3.8) is 0 Å². The first-order valence-electron chi connectivity index (χ1n) is 10.2. The molecule has 6 nitrogen and oxygen atoms in total. The highest BCUT2D eigenvalue weighted by Gasteiger charge is 2.15. The third-order valence-corrected chi connectivity index (χ3v) is 6.28. The fourth-order valence-corrected chi connectivity index (χ4v) is 4.43. The molecule has 0 atom stereocenters. The van der Waals surface area contributed by atoms with Gasteiger partial charge in [-0.05, 0) is 57.3 Å². The number of carbonyl (C=O) groups is 2. The first kappa shape index (κ1) is 22.5. The van der Waals surface area contributed by atoms with Crippen LogP contribution in [-0.2, 0) is 9.59 Å². The molecule has 2 aromatic rings. The third-order valence-electron chi connectivity index (χ3n) is 5.26. The minimum atomic E-state index is -0.408. The Labute approximate surface area is 190 Å². The van der Waals surface area contributed by atoms with Crippen LogP contribution >= 0.6 is 28.1 Å². The van der Waals surface area contributed by atoms with E-state index in [0.29, 0.717) is 18.1 Å². The minimum absolute atomic E-state index is 0.0730. The van der Waals surface area contributed by atoms with Crippen LogP contribution in [-0.4, -0.2) is 23.5 Å². The number of carbonyl (C=O) groups excluding carboxylic acids is 2. The molecule has 1 aliphatic rings. The number of rotatable bonds is 6. The zero-order valence-corrected chi connectivity index (χ0v) is 19.1. The molecule has 0 saturated heterocycles. The van der Waals surface area contributed by atoms with Gasteiger partial charge in [-0.15, -0.1) is 0 Å². The molecule has 3 N–H and O–H groups in total. The summed E-state index contributed by atoms with van der Waals surface area (Å²) >= 11 is 8.59. The van der Waals surface area contributed by atoms with Crippen molar-refractivity contribution in [3.8, 4) is 5.75 Å². The average Bonchev–Trinajstić information content (AvgIpc) is 2.77. The molecular formula is C22H26BrN3O3S. The van der Waals surface area contributed by atoms with Gasteiger partial charge in [0.05, 0.1) is 4.47 Å². The predicted octanol–water partition coefficient (Wildman–Crippen LogP) is 4.36. The lowest BCUT2D eigenvalue weighted by Gasteiger charge is -2.21. The Morgan fingerprint density at radius 2 is 1.80 bits per heavy atom. The van der Waals surface area contributed by atoms with Gasteiger partial charge in [0.15, 0.2) is 11.7 Å². The van der Waals surface area contributed by atoms with E-state index in [2.05, 4.69) is 32.1 Å². The smallest absolute Gasteiger partial charge is 0.276 e. The van der Waals surface area contributed by atoms with Crippen molar-refractivity contribution in [2.45, 2.75) is 44.9 Å². The van der Waals surface area contributed by atoms with E-state index in [1.807, 2.05) is 36.4 Å². The zero-order chi connectivity index (χ0) is 21.3. The van der Waals surface area contributed by atoms with Crippen LogP contribution in [0.25, 0.3) is 10.8 Å². The summed E-state index contributed by atoms with van der Waals surface area (Å²) in [5.41, 5.74) is 4.98. The number of amides is 2. The highest BCUT2D eigenvalue weighted by atomic mass is 79.9. The maximum Gasteiger partial charge on any atom is 0.276 e. The van der Waals surface area contributed by atoms with E-state index >= 15 is 0 Å². The second-order valence-electron chi connectivity index (χ2n) is 7.48. The van der Waals surface area contributed by atoms with E-state index in [1.165, 1.54) is 32.1 Å². The fraction of sp³-hybridized carbons (Fsp3) is 0.409. The van der Waals surface area contributed by atoms with E-state index in [0.717, 1.165) is 21.7 Å². The largest absolute Gasteiger partial charge is 0.483 e. The molecule has 160 valence electrons. The highest BCUT2D eigenvalue weighted by Crippen LogP contribution is 2.33. The molecule has 0 aliphatic heterocycles. The predicted molar refractivity (Wildman–Crippen MR) is 125 cm³/mol. The molecule has 0 heterocycles. The fourth-order valence-electron chi connectivity index (χ4n) is 3.66. The van der Waals surface area contributed by atoms with Gasteiger partial charge in [-0.25, -0.2) is 0 Å². The van der Waals surface area contributed by atoms with Crippen LogP contribution in [0.2, 0.25) is 0 Å². The van der Waals surface area contributed by atoms with Gasteiger partial charge >= 0.3 is 0 Å². The first-order valence-corrected chi connectivity index (χ1v) is 11.4. The van der Waals surface area contributed by atoms with Gasteiger partial charge < -0.3 is 10.1 Å². The van der Waals surface area contributed by atoms with E-state index in [9.17, 15) is 9.59 Å². The number of nitrogens with one attached hydrogen (secondary N) is 3. The summed E-state index contributed by atoms with van der Waals surface area (Å²) in [6.07, 6.45) is 7.57. The Morgan fingerprint density at radius 1 is 1.03 bits per heavy atom. The summed E-state index contributed by atoms with van der Waals surface area (Å²) < 4.78 is 6.39. The zero-order valence-electron chi connectivity index (χ0n) is 16.7. The molecule has 2 aromatic carbocycles. The number of benzene rings is 2. The van der Waals surface area contributed by atoms with Crippen LogP contribution in [0.15, 0.2) is 40.9 Å². The van der Waals surface area contributed by atoms with Crippen LogP contribution in [0.5, 0.6) is 5.75 Å². The Morgan fingerprint density at radius 3 is 2.60 bits per heavy atom. The van der Waals surface area contributed by atoms with Crippen LogP contribution in [0, 0.1) is 5.92 Å². The number of halogens is 1. The number of ether oxygens (including phenoxy) is 1. The Bertz CT molecular complexity index is 916. The lowest BCUT2D eigenvalue weighted by molar-refractivity contribution is -0.124. The number of hydrogen-bond donors (Lipinski definition) is 3. The van der Waals surface area contributed by atoms with Crippen LogP contribution < -0.4 is 20.9 Å². The maximum atomic E-state index is 12.0. The van der Waals surface area contributed by atoms with Crippen molar-refractivity contribution in [1.82, 2.24) is 16.2 Å². The molecule has 3 rings (SSSR count). The quantitative estimate of drug-likeness (QED) is 0.413. The molecule has 0 radical (unpaired) electrons. The van der Waals surface area contributed by atoms with E-state index in [4.69, 9.17) is 17.0 Å². The average molecular weight is 492 g/mol. The van der Waals surface area contributed by atoms with Crippen molar-refractivity contribution >= 4 is 55.8 Å². The maximum absolute atomic E-state index is 12.0. The van der Waals surface area contributed by atoms with E-state index in [1.54, 1.807) is 0 Å². The van der Waals surface area contributed by atoms with Gasteiger partial charge in [0.1, 0.15) is 5.75 Å². The van der Waals surface area contributed by atoms with Gasteiger partial charge in [0, 0.05) is 6.42 Å². The van der Waals surface area contributed by atoms with E-state index in [-0.39, 0.29) is 17.6 Å². The first-order chi connectivity index (χ1) is 14.5. The van der Waals surface area contributed by atoms with Crippen molar-refractivity contribution in [3.05, 3.63) is 40.9 Å². The molecule has 0 spiro atoms. The Hall–Kier alpha value is -2.19. The van der Waals surface area contributed by atoms with Gasteiger partial charge in [0.25, 0.3) is 5.91 Å². The standard InChI is InChI=1S/C22H26BrN3O3S/c23-21-17-9-5-4-8-16(17)11-12-18(21)29-14-20(28)25-26-22(30)24-19(27)13-10-15-6-2-1-3-7-15/h4-5,8-9,11-12,15H,1-3,6-7,10,13-14H2,(H,25,28)(H2,24,26,27,30). The summed E-state index contributed by atoms with van der Waals surface area (Å²) in [6.45, 7) is -0.192. The van der Waals surface area contributed by atoms with Gasteiger partial charge in [-0.3, -0.25) is 20.4 Å².